The zero-order valence-electron chi connectivity index (χ0n) is 15.3. The molecule has 1 aliphatic carbocycles. The Bertz CT molecular complexity index is 839. The molecule has 1 aromatic carbocycles. The average molecular weight is 354 g/mol. The van der Waals surface area contributed by atoms with E-state index in [9.17, 15) is 9.59 Å². The van der Waals surface area contributed by atoms with E-state index in [-0.39, 0.29) is 18.6 Å². The molecule has 1 aromatic heterocycles. The quantitative estimate of drug-likeness (QED) is 0.857. The highest BCUT2D eigenvalue weighted by Gasteiger charge is 2.24. The van der Waals surface area contributed by atoms with E-state index in [0.29, 0.717) is 5.56 Å². The van der Waals surface area contributed by atoms with Crippen molar-refractivity contribution >= 4 is 22.8 Å². The number of H-pyrrole nitrogens is 1. The van der Waals surface area contributed by atoms with Crippen molar-refractivity contribution < 1.29 is 14.3 Å². The number of hydrogen-bond donors (Lipinski definition) is 1. The fourth-order valence-electron chi connectivity index (χ4n) is 4.30. The van der Waals surface area contributed by atoms with Crippen LogP contribution < -0.4 is 0 Å². The number of benzene rings is 1. The van der Waals surface area contributed by atoms with Gasteiger partial charge in [-0.3, -0.25) is 4.79 Å². The highest BCUT2D eigenvalue weighted by Crippen LogP contribution is 2.29. The van der Waals surface area contributed by atoms with Crippen molar-refractivity contribution in [3.05, 3.63) is 35.0 Å². The summed E-state index contributed by atoms with van der Waals surface area (Å²) in [4.78, 5) is 30.1. The van der Waals surface area contributed by atoms with E-state index in [1.54, 1.807) is 6.07 Å². The van der Waals surface area contributed by atoms with Crippen LogP contribution in [0, 0.1) is 0 Å². The zero-order valence-corrected chi connectivity index (χ0v) is 15.3. The number of hydrogen-bond acceptors (Lipinski definition) is 3. The van der Waals surface area contributed by atoms with Crippen molar-refractivity contribution in [2.45, 2.75) is 57.9 Å². The number of nitrogens with zero attached hydrogens (tertiary/aromatic N) is 1. The second-order valence-electron chi connectivity index (χ2n) is 7.56. The minimum absolute atomic E-state index is 0.0920. The van der Waals surface area contributed by atoms with Gasteiger partial charge in [0.15, 0.2) is 6.61 Å². The number of nitrogens with one attached hydrogen (secondary N) is 1. The maximum atomic E-state index is 12.4. The number of ether oxygens (including phenoxy) is 1. The first kappa shape index (κ1) is 17.1. The summed E-state index contributed by atoms with van der Waals surface area (Å²) in [6, 6.07) is 5.86. The molecule has 1 N–H and O–H groups in total. The first-order chi connectivity index (χ1) is 12.6. The van der Waals surface area contributed by atoms with Crippen molar-refractivity contribution in [3.63, 3.8) is 0 Å². The van der Waals surface area contributed by atoms with E-state index in [4.69, 9.17) is 4.74 Å². The fourth-order valence-corrected chi connectivity index (χ4v) is 4.30. The summed E-state index contributed by atoms with van der Waals surface area (Å²) in [6.45, 7) is 2.65. The molecule has 138 valence electrons. The number of aromatic nitrogens is 1. The largest absolute Gasteiger partial charge is 0.452 e. The normalized spacial score (nSPS) is 20.0. The Morgan fingerprint density at radius 2 is 2.04 bits per heavy atom. The predicted octanol–water partition coefficient (Wildman–Crippen LogP) is 3.60. The van der Waals surface area contributed by atoms with E-state index >= 15 is 0 Å². The average Bonchev–Trinajstić information content (AvgIpc) is 3.04. The van der Waals surface area contributed by atoms with Crippen LogP contribution >= 0.6 is 0 Å². The number of piperidine rings is 1. The van der Waals surface area contributed by atoms with Crippen molar-refractivity contribution in [1.29, 1.82) is 0 Å². The lowest BCUT2D eigenvalue weighted by molar-refractivity contribution is -0.137. The number of aromatic amines is 1. The first-order valence-electron chi connectivity index (χ1n) is 9.73. The Hall–Kier alpha value is -2.30. The molecule has 1 saturated heterocycles. The zero-order chi connectivity index (χ0) is 18.1. The topological polar surface area (TPSA) is 62.4 Å². The van der Waals surface area contributed by atoms with Gasteiger partial charge in [0.25, 0.3) is 5.91 Å². The summed E-state index contributed by atoms with van der Waals surface area (Å²) < 4.78 is 5.32. The van der Waals surface area contributed by atoms with Crippen LogP contribution in [0.25, 0.3) is 10.9 Å². The summed E-state index contributed by atoms with van der Waals surface area (Å²) in [6.07, 6.45) is 7.74. The van der Waals surface area contributed by atoms with Gasteiger partial charge in [-0.2, -0.15) is 0 Å². The lowest BCUT2D eigenvalue weighted by Crippen LogP contribution is -2.44. The third-order valence-corrected chi connectivity index (χ3v) is 5.78. The summed E-state index contributed by atoms with van der Waals surface area (Å²) in [5.41, 5.74) is 4.22. The molecule has 0 spiro atoms. The highest BCUT2D eigenvalue weighted by molar-refractivity contribution is 5.97. The van der Waals surface area contributed by atoms with Crippen LogP contribution in [0.1, 0.15) is 60.6 Å². The van der Waals surface area contributed by atoms with E-state index in [2.05, 4.69) is 11.9 Å². The SMILES string of the molecule is C[C@@H]1CCCCN1C(=O)COC(=O)c1ccc2[nH]c3c(c2c1)CCCC3. The van der Waals surface area contributed by atoms with Gasteiger partial charge in [0.2, 0.25) is 0 Å². The predicted molar refractivity (Wildman–Crippen MR) is 100 cm³/mol. The van der Waals surface area contributed by atoms with Crippen LogP contribution in [-0.2, 0) is 22.4 Å². The summed E-state index contributed by atoms with van der Waals surface area (Å²) in [5.74, 6) is -0.513. The van der Waals surface area contributed by atoms with Gasteiger partial charge in [-0.1, -0.05) is 0 Å². The third kappa shape index (κ3) is 3.22. The third-order valence-electron chi connectivity index (χ3n) is 5.78. The van der Waals surface area contributed by atoms with Crippen LogP contribution in [0.3, 0.4) is 0 Å². The first-order valence-corrected chi connectivity index (χ1v) is 9.73. The molecule has 1 aliphatic heterocycles. The molecule has 2 heterocycles. The van der Waals surface area contributed by atoms with Crippen LogP contribution in [0.15, 0.2) is 18.2 Å². The Balaban J connectivity index is 1.45. The maximum absolute atomic E-state index is 12.4. The van der Waals surface area contributed by atoms with E-state index < -0.39 is 5.97 Å². The van der Waals surface area contributed by atoms with Gasteiger partial charge in [0, 0.05) is 29.2 Å². The Morgan fingerprint density at radius 1 is 1.19 bits per heavy atom. The lowest BCUT2D eigenvalue weighted by atomic mass is 9.95. The van der Waals surface area contributed by atoms with Crippen LogP contribution in [0.2, 0.25) is 0 Å². The van der Waals surface area contributed by atoms with Crippen LogP contribution in [-0.4, -0.2) is 41.0 Å². The molecule has 2 aliphatic rings. The molecular formula is C21H26N2O3. The monoisotopic (exact) mass is 354 g/mol. The number of fused-ring (bicyclic) bond motifs is 3. The van der Waals surface area contributed by atoms with Gasteiger partial charge in [0.1, 0.15) is 0 Å². The molecule has 1 atom stereocenters. The standard InChI is InChI=1S/C21H26N2O3/c1-14-6-4-5-11-23(14)20(24)13-26-21(25)15-9-10-19-17(12-15)16-7-2-3-8-18(16)22-19/h9-10,12,14,22H,2-8,11,13H2,1H3/t14-/m1/s1. The van der Waals surface area contributed by atoms with E-state index in [1.807, 2.05) is 17.0 Å². The molecule has 1 fully saturated rings. The summed E-state index contributed by atoms with van der Waals surface area (Å²) >= 11 is 0. The second-order valence-corrected chi connectivity index (χ2v) is 7.56. The fraction of sp³-hybridized carbons (Fsp3) is 0.524. The molecule has 5 heteroatoms. The number of amides is 1. The van der Waals surface area contributed by atoms with Gasteiger partial charge in [-0.25, -0.2) is 4.79 Å². The van der Waals surface area contributed by atoms with Gasteiger partial charge >= 0.3 is 5.97 Å². The molecule has 26 heavy (non-hydrogen) atoms. The summed E-state index contributed by atoms with van der Waals surface area (Å²) in [5, 5.41) is 1.12. The number of carbonyl (C=O) groups is 2. The van der Waals surface area contributed by atoms with Crippen LogP contribution in [0.5, 0.6) is 0 Å². The molecule has 0 radical (unpaired) electrons. The minimum atomic E-state index is -0.421. The molecule has 0 saturated carbocycles. The molecule has 1 amide bonds. The second kappa shape index (κ2) is 7.14. The van der Waals surface area contributed by atoms with Gasteiger partial charge < -0.3 is 14.6 Å². The van der Waals surface area contributed by atoms with Crippen molar-refractivity contribution in [2.75, 3.05) is 13.2 Å². The number of likely N-dealkylation sites (tertiary alicyclic amines) is 1. The number of carbonyl (C=O) groups excluding carboxylic acids is 2. The smallest absolute Gasteiger partial charge is 0.338 e. The lowest BCUT2D eigenvalue weighted by Gasteiger charge is -2.33. The molecule has 0 bridgehead atoms. The van der Waals surface area contributed by atoms with Gasteiger partial charge in [0.05, 0.1) is 5.56 Å². The Labute approximate surface area is 153 Å². The van der Waals surface area contributed by atoms with Gasteiger partial charge in [-0.15, -0.1) is 0 Å². The molecule has 2 aromatic rings. The van der Waals surface area contributed by atoms with Crippen molar-refractivity contribution in [2.24, 2.45) is 0 Å². The Kier molecular flexibility index (Phi) is 4.70. The van der Waals surface area contributed by atoms with E-state index in [0.717, 1.165) is 49.6 Å². The van der Waals surface area contributed by atoms with E-state index in [1.165, 1.54) is 24.1 Å². The number of aryl methyl sites for hydroxylation is 2. The molecule has 4 rings (SSSR count). The minimum Gasteiger partial charge on any atom is -0.452 e. The van der Waals surface area contributed by atoms with Crippen LogP contribution in [0.4, 0.5) is 0 Å². The van der Waals surface area contributed by atoms with Crippen molar-refractivity contribution in [3.8, 4) is 0 Å². The van der Waals surface area contributed by atoms with Crippen molar-refractivity contribution in [1.82, 2.24) is 9.88 Å². The summed E-state index contributed by atoms with van der Waals surface area (Å²) in [7, 11) is 0. The molecule has 0 unspecified atom stereocenters. The Morgan fingerprint density at radius 3 is 2.88 bits per heavy atom. The number of rotatable bonds is 3. The maximum Gasteiger partial charge on any atom is 0.338 e. The number of esters is 1. The van der Waals surface area contributed by atoms with Gasteiger partial charge in [-0.05, 0) is 75.6 Å². The molecule has 5 nitrogen and oxygen atoms in total. The molecular weight excluding hydrogens is 328 g/mol. The highest BCUT2D eigenvalue weighted by atomic mass is 16.5.